The molecule has 1 aromatic rings. The maximum atomic E-state index is 5.56. The van der Waals surface area contributed by atoms with Gasteiger partial charge < -0.3 is 5.32 Å². The van der Waals surface area contributed by atoms with Crippen LogP contribution in [-0.2, 0) is 0 Å². The zero-order valence-electron chi connectivity index (χ0n) is 8.34. The van der Waals surface area contributed by atoms with Crippen molar-refractivity contribution in [3.63, 3.8) is 0 Å². The smallest absolute Gasteiger partial charge is 0.311 e. The lowest BCUT2D eigenvalue weighted by molar-refractivity contribution is 1.22. The highest BCUT2D eigenvalue weighted by Crippen LogP contribution is 2.08. The zero-order valence-corrected chi connectivity index (χ0v) is 9.85. The number of hydrogen-bond acceptors (Lipinski definition) is 1. The molecule has 0 amide bonds. The molecule has 1 aromatic carbocycles. The first-order chi connectivity index (χ1) is 7.36. The van der Waals surface area contributed by atoms with E-state index >= 15 is 0 Å². The van der Waals surface area contributed by atoms with Crippen molar-refractivity contribution in [3.05, 3.63) is 34.7 Å². The molecule has 0 aromatic heterocycles. The molecular weight excluding hydrogens is 231 g/mol. The van der Waals surface area contributed by atoms with Gasteiger partial charge >= 0.3 is 6.07 Å². The summed E-state index contributed by atoms with van der Waals surface area (Å²) < 4.78 is 0. The maximum Gasteiger partial charge on any atom is 0.311 e. The molecule has 0 unspecified atom stereocenters. The van der Waals surface area contributed by atoms with Crippen LogP contribution in [0.25, 0.3) is 4.85 Å². The molecule has 0 aliphatic rings. The molecule has 0 saturated heterocycles. The Bertz CT molecular complexity index is 338. The number of nitrogens with zero attached hydrogens (tertiary/aromatic N) is 1. The van der Waals surface area contributed by atoms with Crippen molar-refractivity contribution < 1.29 is 0 Å². The molecule has 0 atom stereocenters. The van der Waals surface area contributed by atoms with Crippen molar-refractivity contribution in [2.45, 2.75) is 0 Å². The zero-order chi connectivity index (χ0) is 10.9. The highest BCUT2D eigenvalue weighted by molar-refractivity contribution is 6.18. The van der Waals surface area contributed by atoms with Crippen LogP contribution in [0.3, 0.4) is 0 Å². The Morgan fingerprint density at radius 3 is 2.47 bits per heavy atom. The van der Waals surface area contributed by atoms with E-state index in [9.17, 15) is 0 Å². The fraction of sp³-hybridized carbons (Fsp3) is 0.364. The molecule has 0 aliphatic carbocycles. The molecule has 2 nitrogen and oxygen atoms in total. The normalized spacial score (nSPS) is 9.20. The summed E-state index contributed by atoms with van der Waals surface area (Å²) in [4.78, 5) is 4.03. The Morgan fingerprint density at radius 2 is 1.87 bits per heavy atom. The minimum atomic E-state index is 0.530. The van der Waals surface area contributed by atoms with E-state index in [2.05, 4.69) is 16.2 Å². The van der Waals surface area contributed by atoms with Crippen LogP contribution >= 0.6 is 23.2 Å². The van der Waals surface area contributed by atoms with Crippen molar-refractivity contribution in [2.75, 3.05) is 30.2 Å². The van der Waals surface area contributed by atoms with Crippen molar-refractivity contribution in [1.29, 1.82) is 0 Å². The third-order valence-corrected chi connectivity index (χ3v) is 2.07. The summed E-state index contributed by atoms with van der Waals surface area (Å²) in [6.07, 6.45) is 0. The molecule has 4 heteroatoms. The fourth-order valence-electron chi connectivity index (χ4n) is 1.04. The van der Waals surface area contributed by atoms with Gasteiger partial charge in [0.1, 0.15) is 5.56 Å². The molecule has 1 rings (SSSR count). The van der Waals surface area contributed by atoms with E-state index in [1.54, 1.807) is 0 Å². The largest absolute Gasteiger partial charge is 0.384 e. The Hall–Kier alpha value is -0.910. The first kappa shape index (κ1) is 12.2. The third-order valence-electron chi connectivity index (χ3n) is 1.71. The molecule has 1 N–H and O–H groups in total. The predicted octanol–water partition coefficient (Wildman–Crippen LogP) is 3.26. The van der Waals surface area contributed by atoms with Gasteiger partial charge in [0.15, 0.2) is 0 Å². The van der Waals surface area contributed by atoms with E-state index < -0.39 is 0 Å². The quantitative estimate of drug-likeness (QED) is 0.804. The van der Waals surface area contributed by atoms with Gasteiger partial charge in [-0.3, -0.25) is 0 Å². The summed E-state index contributed by atoms with van der Waals surface area (Å²) in [6, 6.07) is 10.8. The minimum Gasteiger partial charge on any atom is -0.384 e. The van der Waals surface area contributed by atoms with Crippen LogP contribution in [0.4, 0.5) is 5.69 Å². The van der Waals surface area contributed by atoms with Gasteiger partial charge in [-0.15, -0.1) is 23.2 Å². The standard InChI is InChI=1S/C11H12Cl2N2/c12-5-7-14-9-10-1-3-11(4-2-10)15-8-6-13/h1-4H,5-8H2/p+1. The summed E-state index contributed by atoms with van der Waals surface area (Å²) in [7, 11) is 0. The highest BCUT2D eigenvalue weighted by Gasteiger charge is 1.95. The highest BCUT2D eigenvalue weighted by atomic mass is 35.5. The molecule has 0 saturated carbocycles. The van der Waals surface area contributed by atoms with Crippen LogP contribution in [0, 0.1) is 6.07 Å². The van der Waals surface area contributed by atoms with Gasteiger partial charge in [0, 0.05) is 18.1 Å². The summed E-state index contributed by atoms with van der Waals surface area (Å²) >= 11 is 11.1. The van der Waals surface area contributed by atoms with E-state index in [-0.39, 0.29) is 0 Å². The van der Waals surface area contributed by atoms with Crippen LogP contribution in [0.2, 0.25) is 0 Å². The lowest BCUT2D eigenvalue weighted by atomic mass is 10.2. The van der Waals surface area contributed by atoms with Crippen molar-refractivity contribution in [1.82, 2.24) is 0 Å². The third kappa shape index (κ3) is 4.92. The van der Waals surface area contributed by atoms with Crippen molar-refractivity contribution in [3.8, 4) is 6.07 Å². The van der Waals surface area contributed by atoms with E-state index in [0.717, 1.165) is 17.8 Å². The first-order valence-electron chi connectivity index (χ1n) is 4.75. The monoisotopic (exact) mass is 243 g/mol. The average Bonchev–Trinajstić information content (AvgIpc) is 2.28. The number of rotatable bonds is 4. The van der Waals surface area contributed by atoms with Gasteiger partial charge in [-0.2, -0.15) is 0 Å². The Morgan fingerprint density at radius 1 is 1.13 bits per heavy atom. The lowest BCUT2D eigenvalue weighted by Crippen LogP contribution is -2.01. The Balaban J connectivity index is 2.53. The number of halogens is 2. The van der Waals surface area contributed by atoms with Gasteiger partial charge in [-0.05, 0) is 24.3 Å². The van der Waals surface area contributed by atoms with Gasteiger partial charge in [-0.25, -0.2) is 0 Å². The molecular formula is C11H13Cl2N2+. The molecule has 0 fully saturated rings. The van der Waals surface area contributed by atoms with Crippen LogP contribution in [0.5, 0.6) is 0 Å². The van der Waals surface area contributed by atoms with Crippen LogP contribution in [0.15, 0.2) is 24.3 Å². The summed E-state index contributed by atoms with van der Waals surface area (Å²) in [5.41, 5.74) is 2.01. The van der Waals surface area contributed by atoms with Crippen molar-refractivity contribution >= 4 is 28.9 Å². The molecule has 0 bridgehead atoms. The number of hydrogen-bond donors (Lipinski definition) is 1. The van der Waals surface area contributed by atoms with Gasteiger partial charge in [0.25, 0.3) is 6.54 Å². The van der Waals surface area contributed by atoms with Crippen LogP contribution < -0.4 is 5.32 Å². The molecule has 0 spiro atoms. The topological polar surface area (TPSA) is 16.4 Å². The Labute approximate surface area is 100 Å². The number of nitrogens with one attached hydrogen (secondary N) is 1. The average molecular weight is 244 g/mol. The van der Waals surface area contributed by atoms with Gasteiger partial charge in [0.2, 0.25) is 0 Å². The maximum absolute atomic E-state index is 5.56. The second kappa shape index (κ2) is 7.39. The van der Waals surface area contributed by atoms with E-state index in [1.807, 2.05) is 24.3 Å². The number of anilines is 1. The molecule has 0 aliphatic heterocycles. The summed E-state index contributed by atoms with van der Waals surface area (Å²) in [5.74, 6) is 1.13. The molecule has 80 valence electrons. The number of alkyl halides is 2. The van der Waals surface area contributed by atoms with E-state index in [1.165, 1.54) is 0 Å². The van der Waals surface area contributed by atoms with Crippen LogP contribution in [0.1, 0.15) is 5.56 Å². The molecule has 15 heavy (non-hydrogen) atoms. The fourth-order valence-corrected chi connectivity index (χ4v) is 1.22. The predicted molar refractivity (Wildman–Crippen MR) is 67.6 cm³/mol. The minimum absolute atomic E-state index is 0.530. The van der Waals surface area contributed by atoms with E-state index in [4.69, 9.17) is 23.2 Å². The lowest BCUT2D eigenvalue weighted by Gasteiger charge is -2.01. The van der Waals surface area contributed by atoms with Crippen molar-refractivity contribution in [2.24, 2.45) is 0 Å². The Kier molecular flexibility index (Phi) is 5.99. The van der Waals surface area contributed by atoms with Gasteiger partial charge in [0.05, 0.1) is 5.88 Å². The second-order valence-corrected chi connectivity index (χ2v) is 3.63. The molecule has 0 radical (unpaired) electrons. The SMILES string of the molecule is ClCC[N+]#Cc1ccc(NCCCl)cc1. The molecule has 0 heterocycles. The van der Waals surface area contributed by atoms with Crippen LogP contribution in [-0.4, -0.2) is 24.8 Å². The summed E-state index contributed by atoms with van der Waals surface area (Å²) in [6.45, 7) is 1.37. The van der Waals surface area contributed by atoms with Gasteiger partial charge in [-0.1, -0.05) is 4.85 Å². The number of benzene rings is 1. The first-order valence-corrected chi connectivity index (χ1v) is 5.82. The van der Waals surface area contributed by atoms with E-state index in [0.29, 0.717) is 18.3 Å². The summed E-state index contributed by atoms with van der Waals surface area (Å²) in [5, 5.41) is 3.18. The second-order valence-electron chi connectivity index (χ2n) is 2.88.